The van der Waals surface area contributed by atoms with Crippen LogP contribution in [0.5, 0.6) is 0 Å². The molecule has 1 amide bonds. The molecule has 0 saturated carbocycles. The van der Waals surface area contributed by atoms with Gasteiger partial charge in [0.2, 0.25) is 5.91 Å². The summed E-state index contributed by atoms with van der Waals surface area (Å²) in [5, 5.41) is 0. The molecule has 2 heteroatoms. The normalized spacial score (nSPS) is 29.4. The number of rotatable bonds is 0. The third kappa shape index (κ3) is 1.93. The second-order valence-corrected chi connectivity index (χ2v) is 3.98. The molecule has 0 N–H and O–H groups in total. The molecule has 0 aliphatic carbocycles. The molecule has 1 atom stereocenters. The summed E-state index contributed by atoms with van der Waals surface area (Å²) in [7, 11) is 0. The van der Waals surface area contributed by atoms with Crippen molar-refractivity contribution in [3.63, 3.8) is 0 Å². The van der Waals surface area contributed by atoms with E-state index in [1.807, 2.05) is 0 Å². The highest BCUT2D eigenvalue weighted by molar-refractivity contribution is 5.77. The Morgan fingerprint density at radius 2 is 2.23 bits per heavy atom. The fraction of sp³-hybridized carbons (Fsp3) is 0.727. The quantitative estimate of drug-likeness (QED) is 0.521. The monoisotopic (exact) mass is 179 g/mol. The summed E-state index contributed by atoms with van der Waals surface area (Å²) in [6.07, 6.45) is 10.8. The largest absolute Gasteiger partial charge is 0.339 e. The average Bonchev–Trinajstić information content (AvgIpc) is 2.14. The molecule has 2 aliphatic heterocycles. The number of carbonyl (C=O) groups excluding carboxylic acids is 1. The van der Waals surface area contributed by atoms with Crippen LogP contribution in [0.3, 0.4) is 0 Å². The molecule has 0 spiro atoms. The standard InChI is InChI=1S/C11H17NO/c13-11-8-3-1-2-6-10-7-4-5-9-12(10)11/h1-2,10H,3-9H2. The van der Waals surface area contributed by atoms with Gasteiger partial charge in [0.05, 0.1) is 0 Å². The van der Waals surface area contributed by atoms with Crippen molar-refractivity contribution in [2.75, 3.05) is 6.54 Å². The van der Waals surface area contributed by atoms with Gasteiger partial charge >= 0.3 is 0 Å². The zero-order valence-electron chi connectivity index (χ0n) is 8.04. The van der Waals surface area contributed by atoms with Crippen molar-refractivity contribution in [1.29, 1.82) is 0 Å². The number of hydrogen-bond acceptors (Lipinski definition) is 1. The minimum atomic E-state index is 0.369. The zero-order chi connectivity index (χ0) is 9.10. The highest BCUT2D eigenvalue weighted by Crippen LogP contribution is 2.22. The molecule has 0 aromatic carbocycles. The molecule has 2 nitrogen and oxygen atoms in total. The Hall–Kier alpha value is -0.790. The van der Waals surface area contributed by atoms with Gasteiger partial charge in [-0.25, -0.2) is 0 Å². The molecular weight excluding hydrogens is 162 g/mol. The van der Waals surface area contributed by atoms with E-state index < -0.39 is 0 Å². The van der Waals surface area contributed by atoms with Crippen molar-refractivity contribution in [3.05, 3.63) is 12.2 Å². The molecule has 2 rings (SSSR count). The van der Waals surface area contributed by atoms with Gasteiger partial charge < -0.3 is 4.90 Å². The fourth-order valence-corrected chi connectivity index (χ4v) is 2.30. The van der Waals surface area contributed by atoms with Gasteiger partial charge in [0.15, 0.2) is 0 Å². The minimum Gasteiger partial charge on any atom is -0.339 e. The number of nitrogens with zero attached hydrogens (tertiary/aromatic N) is 1. The van der Waals surface area contributed by atoms with E-state index >= 15 is 0 Å². The molecular formula is C11H17NO. The lowest BCUT2D eigenvalue weighted by atomic mass is 9.97. The van der Waals surface area contributed by atoms with Gasteiger partial charge in [0, 0.05) is 19.0 Å². The van der Waals surface area contributed by atoms with Crippen LogP contribution < -0.4 is 0 Å². The third-order valence-corrected chi connectivity index (χ3v) is 3.05. The van der Waals surface area contributed by atoms with E-state index in [4.69, 9.17) is 0 Å². The molecule has 1 fully saturated rings. The number of allylic oxidation sites excluding steroid dienone is 1. The first-order valence-corrected chi connectivity index (χ1v) is 5.32. The first-order chi connectivity index (χ1) is 6.38. The molecule has 13 heavy (non-hydrogen) atoms. The van der Waals surface area contributed by atoms with Crippen LogP contribution in [0.15, 0.2) is 12.2 Å². The van der Waals surface area contributed by atoms with Crippen LogP contribution in [0, 0.1) is 0 Å². The fourth-order valence-electron chi connectivity index (χ4n) is 2.30. The van der Waals surface area contributed by atoms with Crippen LogP contribution >= 0.6 is 0 Å². The Morgan fingerprint density at radius 3 is 3.15 bits per heavy atom. The number of amides is 1. The van der Waals surface area contributed by atoms with Crippen molar-refractivity contribution >= 4 is 5.91 Å². The van der Waals surface area contributed by atoms with E-state index in [2.05, 4.69) is 17.1 Å². The minimum absolute atomic E-state index is 0.369. The molecule has 2 heterocycles. The molecule has 0 aromatic heterocycles. The molecule has 2 aliphatic rings. The third-order valence-electron chi connectivity index (χ3n) is 3.05. The number of carbonyl (C=O) groups is 1. The highest BCUT2D eigenvalue weighted by Gasteiger charge is 2.25. The molecule has 0 radical (unpaired) electrons. The maximum absolute atomic E-state index is 11.7. The first kappa shape index (κ1) is 8.79. The van der Waals surface area contributed by atoms with Crippen molar-refractivity contribution < 1.29 is 4.79 Å². The smallest absolute Gasteiger partial charge is 0.223 e. The Bertz CT molecular complexity index is 222. The predicted octanol–water partition coefficient (Wildman–Crippen LogP) is 2.11. The summed E-state index contributed by atoms with van der Waals surface area (Å²) in [6.45, 7) is 0.997. The lowest BCUT2D eigenvalue weighted by Crippen LogP contribution is -2.43. The van der Waals surface area contributed by atoms with Gasteiger partial charge in [-0.3, -0.25) is 4.79 Å². The number of piperidine rings is 1. The topological polar surface area (TPSA) is 20.3 Å². The summed E-state index contributed by atoms with van der Waals surface area (Å²) in [6, 6.07) is 0.512. The van der Waals surface area contributed by atoms with Crippen LogP contribution in [0.4, 0.5) is 0 Å². The summed E-state index contributed by atoms with van der Waals surface area (Å²) in [5.41, 5.74) is 0. The summed E-state index contributed by atoms with van der Waals surface area (Å²) >= 11 is 0. The van der Waals surface area contributed by atoms with E-state index in [9.17, 15) is 4.79 Å². The van der Waals surface area contributed by atoms with Gasteiger partial charge in [-0.05, 0) is 32.1 Å². The van der Waals surface area contributed by atoms with Gasteiger partial charge in [-0.15, -0.1) is 0 Å². The van der Waals surface area contributed by atoms with Crippen LogP contribution in [-0.2, 0) is 4.79 Å². The second kappa shape index (κ2) is 3.95. The summed E-state index contributed by atoms with van der Waals surface area (Å²) in [5.74, 6) is 0.369. The molecule has 1 saturated heterocycles. The molecule has 1 unspecified atom stereocenters. The maximum Gasteiger partial charge on any atom is 0.223 e. The van der Waals surface area contributed by atoms with Crippen LogP contribution in [0.1, 0.15) is 38.5 Å². The van der Waals surface area contributed by atoms with Gasteiger partial charge in [-0.1, -0.05) is 12.2 Å². The van der Waals surface area contributed by atoms with E-state index in [0.29, 0.717) is 18.4 Å². The van der Waals surface area contributed by atoms with Gasteiger partial charge in [0.1, 0.15) is 0 Å². The molecule has 72 valence electrons. The Morgan fingerprint density at radius 1 is 1.31 bits per heavy atom. The number of hydrogen-bond donors (Lipinski definition) is 0. The van der Waals surface area contributed by atoms with E-state index in [1.54, 1.807) is 0 Å². The second-order valence-electron chi connectivity index (χ2n) is 3.98. The Balaban J connectivity index is 2.09. The number of fused-ring (bicyclic) bond motifs is 1. The Kier molecular flexibility index (Phi) is 2.67. The van der Waals surface area contributed by atoms with Crippen LogP contribution in [0.2, 0.25) is 0 Å². The van der Waals surface area contributed by atoms with Crippen molar-refractivity contribution in [3.8, 4) is 0 Å². The lowest BCUT2D eigenvalue weighted by molar-refractivity contribution is -0.134. The van der Waals surface area contributed by atoms with E-state index in [1.165, 1.54) is 19.3 Å². The van der Waals surface area contributed by atoms with Crippen molar-refractivity contribution in [2.45, 2.75) is 44.6 Å². The summed E-state index contributed by atoms with van der Waals surface area (Å²) < 4.78 is 0. The van der Waals surface area contributed by atoms with Crippen LogP contribution in [-0.4, -0.2) is 23.4 Å². The first-order valence-electron chi connectivity index (χ1n) is 5.32. The van der Waals surface area contributed by atoms with Gasteiger partial charge in [-0.2, -0.15) is 0 Å². The highest BCUT2D eigenvalue weighted by atomic mass is 16.2. The van der Waals surface area contributed by atoms with E-state index in [0.717, 1.165) is 19.4 Å². The van der Waals surface area contributed by atoms with Crippen molar-refractivity contribution in [2.24, 2.45) is 0 Å². The predicted molar refractivity (Wildman–Crippen MR) is 52.3 cm³/mol. The lowest BCUT2D eigenvalue weighted by Gasteiger charge is -2.36. The maximum atomic E-state index is 11.7. The SMILES string of the molecule is O=C1CCC=CCC2CCCCN12. The van der Waals surface area contributed by atoms with Gasteiger partial charge in [0.25, 0.3) is 0 Å². The van der Waals surface area contributed by atoms with Crippen molar-refractivity contribution in [1.82, 2.24) is 4.90 Å². The van der Waals surface area contributed by atoms with E-state index in [-0.39, 0.29) is 0 Å². The molecule has 0 bridgehead atoms. The van der Waals surface area contributed by atoms with Crippen LogP contribution in [0.25, 0.3) is 0 Å². The molecule has 0 aromatic rings. The Labute approximate surface area is 79.6 Å². The zero-order valence-corrected chi connectivity index (χ0v) is 8.04. The average molecular weight is 179 g/mol. The summed E-state index contributed by atoms with van der Waals surface area (Å²) in [4.78, 5) is 13.8.